The molecule has 0 unspecified atom stereocenters. The SMILES string of the molecule is O=C(O)c1cc(F)c(Br)c2c1CC1=C2CCCC1. The van der Waals surface area contributed by atoms with Crippen molar-refractivity contribution in [1.82, 2.24) is 0 Å². The molecule has 2 nitrogen and oxygen atoms in total. The molecule has 0 saturated heterocycles. The van der Waals surface area contributed by atoms with Gasteiger partial charge < -0.3 is 5.11 Å². The zero-order valence-electron chi connectivity index (χ0n) is 9.72. The molecule has 1 aromatic rings. The van der Waals surface area contributed by atoms with E-state index in [1.54, 1.807) is 0 Å². The molecule has 0 atom stereocenters. The van der Waals surface area contributed by atoms with Gasteiger partial charge in [0.1, 0.15) is 5.82 Å². The van der Waals surface area contributed by atoms with Crippen LogP contribution in [0.15, 0.2) is 16.1 Å². The molecule has 94 valence electrons. The molecular weight excluding hydrogens is 299 g/mol. The molecule has 0 aliphatic heterocycles. The average molecular weight is 311 g/mol. The van der Waals surface area contributed by atoms with Crippen molar-refractivity contribution in [3.63, 3.8) is 0 Å². The van der Waals surface area contributed by atoms with E-state index < -0.39 is 11.8 Å². The van der Waals surface area contributed by atoms with Crippen molar-refractivity contribution in [1.29, 1.82) is 0 Å². The zero-order chi connectivity index (χ0) is 12.9. The summed E-state index contributed by atoms with van der Waals surface area (Å²) in [6, 6.07) is 1.13. The van der Waals surface area contributed by atoms with Crippen molar-refractivity contribution >= 4 is 27.5 Å². The maximum atomic E-state index is 13.8. The van der Waals surface area contributed by atoms with Crippen molar-refractivity contribution in [3.8, 4) is 0 Å². The summed E-state index contributed by atoms with van der Waals surface area (Å²) in [5.74, 6) is -1.53. The molecule has 0 fully saturated rings. The number of hydrogen-bond donors (Lipinski definition) is 1. The summed E-state index contributed by atoms with van der Waals surface area (Å²) < 4.78 is 14.2. The predicted molar refractivity (Wildman–Crippen MR) is 70.2 cm³/mol. The van der Waals surface area contributed by atoms with E-state index >= 15 is 0 Å². The van der Waals surface area contributed by atoms with Gasteiger partial charge in [0, 0.05) is 0 Å². The monoisotopic (exact) mass is 310 g/mol. The van der Waals surface area contributed by atoms with Crippen molar-refractivity contribution in [2.45, 2.75) is 32.1 Å². The van der Waals surface area contributed by atoms with Crippen molar-refractivity contribution in [2.75, 3.05) is 0 Å². The van der Waals surface area contributed by atoms with Crippen LogP contribution in [0.5, 0.6) is 0 Å². The molecule has 0 heterocycles. The van der Waals surface area contributed by atoms with Crippen LogP contribution in [0.2, 0.25) is 0 Å². The number of benzene rings is 1. The maximum absolute atomic E-state index is 13.8. The summed E-state index contributed by atoms with van der Waals surface area (Å²) in [6.45, 7) is 0. The molecule has 0 radical (unpaired) electrons. The van der Waals surface area contributed by atoms with Gasteiger partial charge >= 0.3 is 5.97 Å². The van der Waals surface area contributed by atoms with Gasteiger partial charge in [0.25, 0.3) is 0 Å². The molecular formula is C14H12BrFO2. The number of carbonyl (C=O) groups is 1. The van der Waals surface area contributed by atoms with E-state index in [9.17, 15) is 14.3 Å². The number of allylic oxidation sites excluding steroid dienone is 2. The number of carboxylic acids is 1. The molecule has 2 aliphatic rings. The summed E-state index contributed by atoms with van der Waals surface area (Å²) in [7, 11) is 0. The summed E-state index contributed by atoms with van der Waals surface area (Å²) >= 11 is 3.27. The Kier molecular flexibility index (Phi) is 2.77. The second-order valence-corrected chi connectivity index (χ2v) is 5.64. The first kappa shape index (κ1) is 11.9. The number of halogens is 2. The van der Waals surface area contributed by atoms with Gasteiger partial charge in [0.15, 0.2) is 0 Å². The van der Waals surface area contributed by atoms with E-state index in [2.05, 4.69) is 15.9 Å². The lowest BCUT2D eigenvalue weighted by Gasteiger charge is -2.15. The molecule has 1 aromatic carbocycles. The standard InChI is InChI=1S/C14H12BrFO2/c15-13-11(16)6-10(14(17)18)9-5-7-3-1-2-4-8(7)12(9)13/h6H,1-5H2,(H,17,18). The Morgan fingerprint density at radius 1 is 1.33 bits per heavy atom. The Bertz CT molecular complexity index is 590. The highest BCUT2D eigenvalue weighted by atomic mass is 79.9. The molecule has 0 aromatic heterocycles. The fraction of sp³-hybridized carbons (Fsp3) is 0.357. The Morgan fingerprint density at radius 3 is 2.78 bits per heavy atom. The summed E-state index contributed by atoms with van der Waals surface area (Å²) in [5, 5.41) is 9.20. The van der Waals surface area contributed by atoms with Crippen LogP contribution in [0.25, 0.3) is 5.57 Å². The summed E-state index contributed by atoms with van der Waals surface area (Å²) in [6.07, 6.45) is 4.87. The minimum atomic E-state index is -1.04. The van der Waals surface area contributed by atoms with Gasteiger partial charge in [-0.15, -0.1) is 0 Å². The number of rotatable bonds is 1. The van der Waals surface area contributed by atoms with Crippen LogP contribution < -0.4 is 0 Å². The minimum Gasteiger partial charge on any atom is -0.478 e. The van der Waals surface area contributed by atoms with Gasteiger partial charge in [-0.1, -0.05) is 5.57 Å². The Balaban J connectivity index is 2.25. The molecule has 3 rings (SSSR count). The number of carboxylic acid groups (broad SMARTS) is 1. The summed E-state index contributed by atoms with van der Waals surface area (Å²) in [4.78, 5) is 11.2. The maximum Gasteiger partial charge on any atom is 0.336 e. The third-order valence-electron chi connectivity index (χ3n) is 3.83. The molecule has 18 heavy (non-hydrogen) atoms. The van der Waals surface area contributed by atoms with E-state index in [1.807, 2.05) is 0 Å². The number of hydrogen-bond acceptors (Lipinski definition) is 1. The second-order valence-electron chi connectivity index (χ2n) is 4.84. The normalized spacial score (nSPS) is 17.7. The molecule has 0 saturated carbocycles. The van der Waals surface area contributed by atoms with E-state index in [4.69, 9.17) is 0 Å². The van der Waals surface area contributed by atoms with E-state index in [-0.39, 0.29) is 5.56 Å². The van der Waals surface area contributed by atoms with Gasteiger partial charge in [-0.05, 0) is 70.8 Å². The largest absolute Gasteiger partial charge is 0.478 e. The highest BCUT2D eigenvalue weighted by molar-refractivity contribution is 9.10. The quantitative estimate of drug-likeness (QED) is 0.845. The fourth-order valence-corrected chi connectivity index (χ4v) is 3.62. The predicted octanol–water partition coefficient (Wildman–Crippen LogP) is 4.17. The zero-order valence-corrected chi connectivity index (χ0v) is 11.3. The Labute approximate surface area is 113 Å². The topological polar surface area (TPSA) is 37.3 Å². The van der Waals surface area contributed by atoms with Crippen LogP contribution in [0.4, 0.5) is 4.39 Å². The molecule has 0 amide bonds. The third-order valence-corrected chi connectivity index (χ3v) is 4.61. The van der Waals surface area contributed by atoms with Crippen molar-refractivity contribution in [3.05, 3.63) is 38.6 Å². The van der Waals surface area contributed by atoms with Crippen molar-refractivity contribution < 1.29 is 14.3 Å². The van der Waals surface area contributed by atoms with Gasteiger partial charge in [-0.25, -0.2) is 9.18 Å². The van der Waals surface area contributed by atoms with Gasteiger partial charge in [-0.2, -0.15) is 0 Å². The number of aromatic carboxylic acids is 1. The average Bonchev–Trinajstić information content (AvgIpc) is 2.72. The minimum absolute atomic E-state index is 0.111. The lowest BCUT2D eigenvalue weighted by atomic mass is 9.92. The molecule has 1 N–H and O–H groups in total. The number of fused-ring (bicyclic) bond motifs is 2. The van der Waals surface area contributed by atoms with Crippen LogP contribution in [0.3, 0.4) is 0 Å². The van der Waals surface area contributed by atoms with Gasteiger partial charge in [0.05, 0.1) is 10.0 Å². The second kappa shape index (κ2) is 4.19. The lowest BCUT2D eigenvalue weighted by molar-refractivity contribution is 0.0695. The van der Waals surface area contributed by atoms with Crippen LogP contribution in [0, 0.1) is 5.82 Å². The molecule has 0 bridgehead atoms. The van der Waals surface area contributed by atoms with Crippen molar-refractivity contribution in [2.24, 2.45) is 0 Å². The van der Waals surface area contributed by atoms with E-state index in [0.717, 1.165) is 42.9 Å². The van der Waals surface area contributed by atoms with E-state index in [0.29, 0.717) is 10.9 Å². The molecule has 2 aliphatic carbocycles. The molecule has 0 spiro atoms. The Hall–Kier alpha value is -1.16. The lowest BCUT2D eigenvalue weighted by Crippen LogP contribution is -2.05. The van der Waals surface area contributed by atoms with Crippen LogP contribution in [-0.4, -0.2) is 11.1 Å². The fourth-order valence-electron chi connectivity index (χ4n) is 3.03. The van der Waals surface area contributed by atoms with Crippen LogP contribution in [-0.2, 0) is 6.42 Å². The third kappa shape index (κ3) is 1.62. The Morgan fingerprint density at radius 2 is 2.06 bits per heavy atom. The first-order valence-electron chi connectivity index (χ1n) is 6.05. The first-order valence-corrected chi connectivity index (χ1v) is 6.84. The molecule has 4 heteroatoms. The van der Waals surface area contributed by atoms with Gasteiger partial charge in [0.2, 0.25) is 0 Å². The van der Waals surface area contributed by atoms with Crippen LogP contribution >= 0.6 is 15.9 Å². The highest BCUT2D eigenvalue weighted by Gasteiger charge is 2.31. The van der Waals surface area contributed by atoms with Crippen LogP contribution in [0.1, 0.15) is 47.2 Å². The van der Waals surface area contributed by atoms with E-state index in [1.165, 1.54) is 11.1 Å². The van der Waals surface area contributed by atoms with Gasteiger partial charge in [-0.3, -0.25) is 0 Å². The summed E-state index contributed by atoms with van der Waals surface area (Å²) in [5.41, 5.74) is 4.17. The smallest absolute Gasteiger partial charge is 0.336 e. The first-order chi connectivity index (χ1) is 8.59. The highest BCUT2D eigenvalue weighted by Crippen LogP contribution is 2.46.